The summed E-state index contributed by atoms with van der Waals surface area (Å²) >= 11 is 1.41. The van der Waals surface area contributed by atoms with Gasteiger partial charge in [0.05, 0.1) is 10.2 Å². The Bertz CT molecular complexity index is 1160. The van der Waals surface area contributed by atoms with Crippen LogP contribution in [0.2, 0.25) is 0 Å². The van der Waals surface area contributed by atoms with Gasteiger partial charge in [0.25, 0.3) is 5.91 Å². The SMILES string of the molecule is C=CCn1c(=NC(=O)c2ccc3c(c2)OCO3)sc2cc3c(cc21)OCO3. The number of hydrogen-bond acceptors (Lipinski definition) is 6. The number of rotatable bonds is 3. The summed E-state index contributed by atoms with van der Waals surface area (Å²) in [6.07, 6.45) is 1.76. The number of ether oxygens (including phenoxy) is 4. The minimum absolute atomic E-state index is 0.161. The van der Waals surface area contributed by atoms with Crippen molar-refractivity contribution < 1.29 is 23.7 Å². The smallest absolute Gasteiger partial charge is 0.279 e. The minimum Gasteiger partial charge on any atom is -0.454 e. The molecule has 2 aromatic carbocycles. The zero-order valence-electron chi connectivity index (χ0n) is 14.1. The predicted molar refractivity (Wildman–Crippen MR) is 98.6 cm³/mol. The van der Waals surface area contributed by atoms with Crippen LogP contribution in [0.25, 0.3) is 10.2 Å². The Kier molecular flexibility index (Phi) is 3.64. The maximum Gasteiger partial charge on any atom is 0.279 e. The van der Waals surface area contributed by atoms with E-state index in [1.807, 2.05) is 16.7 Å². The zero-order chi connectivity index (χ0) is 18.4. The van der Waals surface area contributed by atoms with Crippen molar-refractivity contribution in [2.24, 2.45) is 4.99 Å². The monoisotopic (exact) mass is 382 g/mol. The highest BCUT2D eigenvalue weighted by Crippen LogP contribution is 2.37. The van der Waals surface area contributed by atoms with Crippen molar-refractivity contribution in [2.75, 3.05) is 13.6 Å². The summed E-state index contributed by atoms with van der Waals surface area (Å²) in [5.41, 5.74) is 1.36. The third-order valence-corrected chi connectivity index (χ3v) is 5.35. The number of carbonyl (C=O) groups is 1. The van der Waals surface area contributed by atoms with Gasteiger partial charge in [-0.1, -0.05) is 17.4 Å². The molecule has 5 rings (SSSR count). The third kappa shape index (κ3) is 2.65. The van der Waals surface area contributed by atoms with E-state index >= 15 is 0 Å². The predicted octanol–water partition coefficient (Wildman–Crippen LogP) is 3.09. The lowest BCUT2D eigenvalue weighted by atomic mass is 10.2. The van der Waals surface area contributed by atoms with Crippen LogP contribution < -0.4 is 23.7 Å². The Hall–Kier alpha value is -3.26. The number of benzene rings is 2. The van der Waals surface area contributed by atoms with E-state index in [1.165, 1.54) is 11.3 Å². The Balaban J connectivity index is 1.61. The quantitative estimate of drug-likeness (QED) is 0.651. The first-order valence-electron chi connectivity index (χ1n) is 8.25. The molecule has 2 aliphatic rings. The van der Waals surface area contributed by atoms with Crippen molar-refractivity contribution in [1.82, 2.24) is 4.57 Å². The highest BCUT2D eigenvalue weighted by atomic mass is 32.1. The molecule has 7 nitrogen and oxygen atoms in total. The normalized spacial score (nSPS) is 14.7. The molecule has 136 valence electrons. The van der Waals surface area contributed by atoms with Crippen molar-refractivity contribution in [2.45, 2.75) is 6.54 Å². The molecule has 0 radical (unpaired) electrons. The maximum absolute atomic E-state index is 12.7. The lowest BCUT2D eigenvalue weighted by molar-refractivity contribution is 0.0997. The molecule has 8 heteroatoms. The van der Waals surface area contributed by atoms with E-state index in [4.69, 9.17) is 18.9 Å². The van der Waals surface area contributed by atoms with Crippen LogP contribution in [0.3, 0.4) is 0 Å². The minimum atomic E-state index is -0.349. The van der Waals surface area contributed by atoms with Crippen LogP contribution in [0.4, 0.5) is 0 Å². The third-order valence-electron chi connectivity index (χ3n) is 4.31. The Labute approximate surface area is 157 Å². The number of aromatic nitrogens is 1. The van der Waals surface area contributed by atoms with Crippen molar-refractivity contribution in [3.8, 4) is 23.0 Å². The molecule has 0 N–H and O–H groups in total. The molecule has 0 bridgehead atoms. The Morgan fingerprint density at radius 1 is 1.07 bits per heavy atom. The average Bonchev–Trinajstić information content (AvgIpc) is 3.38. The molecule has 0 saturated carbocycles. The average molecular weight is 382 g/mol. The fourth-order valence-electron chi connectivity index (χ4n) is 3.03. The van der Waals surface area contributed by atoms with Gasteiger partial charge in [-0.3, -0.25) is 4.79 Å². The summed E-state index contributed by atoms with van der Waals surface area (Å²) in [4.78, 5) is 17.6. The first-order valence-corrected chi connectivity index (χ1v) is 9.07. The lowest BCUT2D eigenvalue weighted by Crippen LogP contribution is -2.16. The standard InChI is InChI=1S/C19H14N2O5S/c1-2-5-21-12-7-15-16(26-10-25-15)8-17(12)27-19(21)20-18(22)11-3-4-13-14(6-11)24-9-23-13/h2-4,6-8H,1,5,9-10H2. The molecule has 27 heavy (non-hydrogen) atoms. The van der Waals surface area contributed by atoms with E-state index in [2.05, 4.69) is 11.6 Å². The fourth-order valence-corrected chi connectivity index (χ4v) is 4.08. The number of carbonyl (C=O) groups excluding carboxylic acids is 1. The van der Waals surface area contributed by atoms with Gasteiger partial charge in [-0.2, -0.15) is 4.99 Å². The molecule has 0 aliphatic carbocycles. The molecule has 0 unspecified atom stereocenters. The lowest BCUT2D eigenvalue weighted by Gasteiger charge is -2.02. The molecule has 0 atom stereocenters. The van der Waals surface area contributed by atoms with Gasteiger partial charge >= 0.3 is 0 Å². The molecule has 3 heterocycles. The van der Waals surface area contributed by atoms with Crippen molar-refractivity contribution in [3.63, 3.8) is 0 Å². The summed E-state index contributed by atoms with van der Waals surface area (Å²) in [6.45, 7) is 4.70. The topological polar surface area (TPSA) is 71.3 Å². The van der Waals surface area contributed by atoms with Gasteiger partial charge in [-0.05, 0) is 18.2 Å². The zero-order valence-corrected chi connectivity index (χ0v) is 15.0. The van der Waals surface area contributed by atoms with Crippen LogP contribution >= 0.6 is 11.3 Å². The van der Waals surface area contributed by atoms with E-state index < -0.39 is 0 Å². The molecular weight excluding hydrogens is 368 g/mol. The van der Waals surface area contributed by atoms with Gasteiger partial charge in [0.15, 0.2) is 27.8 Å². The van der Waals surface area contributed by atoms with Gasteiger partial charge in [0.2, 0.25) is 13.6 Å². The first-order chi connectivity index (χ1) is 13.2. The van der Waals surface area contributed by atoms with E-state index in [9.17, 15) is 4.79 Å². The number of amides is 1. The molecule has 2 aliphatic heterocycles. The molecule has 1 aromatic heterocycles. The Morgan fingerprint density at radius 3 is 2.56 bits per heavy atom. The molecule has 3 aromatic rings. The van der Waals surface area contributed by atoms with Crippen molar-refractivity contribution in [3.05, 3.63) is 53.4 Å². The molecule has 1 amide bonds. The summed E-state index contributed by atoms with van der Waals surface area (Å²) in [7, 11) is 0. The van der Waals surface area contributed by atoms with E-state index in [0.717, 1.165) is 10.2 Å². The second-order valence-corrected chi connectivity index (χ2v) is 6.95. The summed E-state index contributed by atoms with van der Waals surface area (Å²) in [6, 6.07) is 8.86. The van der Waals surface area contributed by atoms with Gasteiger partial charge in [-0.25, -0.2) is 0 Å². The molecule has 0 saturated heterocycles. The summed E-state index contributed by atoms with van der Waals surface area (Å²) in [5, 5.41) is 0. The van der Waals surface area contributed by atoms with Crippen molar-refractivity contribution in [1.29, 1.82) is 0 Å². The first kappa shape index (κ1) is 16.0. The number of allylic oxidation sites excluding steroid dienone is 1. The van der Waals surface area contributed by atoms with E-state index in [0.29, 0.717) is 39.9 Å². The van der Waals surface area contributed by atoms with Crippen LogP contribution in [0.5, 0.6) is 23.0 Å². The van der Waals surface area contributed by atoms with Gasteiger partial charge in [-0.15, -0.1) is 6.58 Å². The van der Waals surface area contributed by atoms with Crippen LogP contribution in [0, 0.1) is 0 Å². The van der Waals surface area contributed by atoms with E-state index in [-0.39, 0.29) is 19.5 Å². The second-order valence-electron chi connectivity index (χ2n) is 5.94. The number of nitrogens with zero attached hydrogens (tertiary/aromatic N) is 2. The van der Waals surface area contributed by atoms with Gasteiger partial charge < -0.3 is 23.5 Å². The largest absolute Gasteiger partial charge is 0.454 e. The highest BCUT2D eigenvalue weighted by molar-refractivity contribution is 7.16. The van der Waals surface area contributed by atoms with E-state index in [1.54, 1.807) is 24.3 Å². The fraction of sp³-hybridized carbons (Fsp3) is 0.158. The van der Waals surface area contributed by atoms with Crippen LogP contribution in [0.15, 0.2) is 48.0 Å². The van der Waals surface area contributed by atoms with Crippen LogP contribution in [-0.2, 0) is 6.54 Å². The Morgan fingerprint density at radius 2 is 1.78 bits per heavy atom. The molecule has 0 spiro atoms. The number of fused-ring (bicyclic) bond motifs is 3. The van der Waals surface area contributed by atoms with Crippen LogP contribution in [0.1, 0.15) is 10.4 Å². The molecular formula is C19H14N2O5S. The number of hydrogen-bond donors (Lipinski definition) is 0. The van der Waals surface area contributed by atoms with Gasteiger partial charge in [0, 0.05) is 24.2 Å². The molecule has 0 fully saturated rings. The maximum atomic E-state index is 12.7. The number of thiazole rings is 1. The summed E-state index contributed by atoms with van der Waals surface area (Å²) in [5.74, 6) is 2.22. The highest BCUT2D eigenvalue weighted by Gasteiger charge is 2.19. The van der Waals surface area contributed by atoms with Gasteiger partial charge in [0.1, 0.15) is 0 Å². The van der Waals surface area contributed by atoms with Crippen LogP contribution in [-0.4, -0.2) is 24.1 Å². The van der Waals surface area contributed by atoms with Crippen molar-refractivity contribution >= 4 is 27.5 Å². The second kappa shape index (κ2) is 6.17. The summed E-state index contributed by atoms with van der Waals surface area (Å²) < 4.78 is 24.4.